The highest BCUT2D eigenvalue weighted by Crippen LogP contribution is 2.13. The molecule has 1 atom stereocenters. The maximum atomic E-state index is 13.3. The molecule has 1 aromatic carbocycles. The highest BCUT2D eigenvalue weighted by Gasteiger charge is 2.29. The van der Waals surface area contributed by atoms with Gasteiger partial charge in [0.25, 0.3) is 5.91 Å². The van der Waals surface area contributed by atoms with Crippen LogP contribution in [0.3, 0.4) is 0 Å². The summed E-state index contributed by atoms with van der Waals surface area (Å²) >= 11 is 1.68. The summed E-state index contributed by atoms with van der Waals surface area (Å²) in [7, 11) is 0. The van der Waals surface area contributed by atoms with Crippen LogP contribution in [0.2, 0.25) is 0 Å². The Morgan fingerprint density at radius 1 is 1.12 bits per heavy atom. The maximum Gasteiger partial charge on any atom is 0.251 e. The molecule has 0 bridgehead atoms. The first kappa shape index (κ1) is 23.3. The topological polar surface area (TPSA) is 70.0 Å². The third-order valence-electron chi connectivity index (χ3n) is 5.98. The molecule has 2 amide bonds. The summed E-state index contributed by atoms with van der Waals surface area (Å²) in [6.07, 6.45) is 6.70. The number of piperazine rings is 1. The Morgan fingerprint density at radius 3 is 2.67 bits per heavy atom. The number of carbonyl (C=O) groups is 2. The number of imidazole rings is 1. The number of nitrogens with zero attached hydrogens (tertiary/aromatic N) is 4. The van der Waals surface area contributed by atoms with Crippen molar-refractivity contribution < 1.29 is 9.59 Å². The molecule has 1 unspecified atom stereocenters. The number of nitrogens with one attached hydrogen (secondary N) is 1. The van der Waals surface area contributed by atoms with Crippen LogP contribution in [0.25, 0.3) is 5.65 Å². The number of aryl methyl sites for hydroxylation is 1. The van der Waals surface area contributed by atoms with Gasteiger partial charge in [-0.25, -0.2) is 4.98 Å². The highest BCUT2D eigenvalue weighted by molar-refractivity contribution is 7.98. The molecule has 1 aliphatic heterocycles. The third kappa shape index (κ3) is 5.94. The van der Waals surface area contributed by atoms with E-state index in [4.69, 9.17) is 0 Å². The van der Waals surface area contributed by atoms with Crippen molar-refractivity contribution in [2.24, 2.45) is 0 Å². The summed E-state index contributed by atoms with van der Waals surface area (Å²) in [5.74, 6) is 0.638. The van der Waals surface area contributed by atoms with Crippen LogP contribution in [0, 0.1) is 6.92 Å². The quantitative estimate of drug-likeness (QED) is 0.554. The summed E-state index contributed by atoms with van der Waals surface area (Å²) < 4.78 is 2.03. The summed E-state index contributed by atoms with van der Waals surface area (Å²) in [6, 6.07) is 12.9. The normalized spacial score (nSPS) is 15.5. The van der Waals surface area contributed by atoms with Gasteiger partial charge in [-0.3, -0.25) is 14.5 Å². The SMILES string of the molecule is CSCCC(NC(=O)c1cccc(C)c1)C(=O)N1CCN(Cc2cn3ccccc3n2)CC1. The Labute approximate surface area is 199 Å². The van der Waals surface area contributed by atoms with Gasteiger partial charge in [-0.2, -0.15) is 11.8 Å². The van der Waals surface area contributed by atoms with Crippen LogP contribution in [0.15, 0.2) is 54.9 Å². The van der Waals surface area contributed by atoms with Crippen LogP contribution in [0.1, 0.15) is 28.0 Å². The first-order valence-electron chi connectivity index (χ1n) is 11.3. The predicted octanol–water partition coefficient (Wildman–Crippen LogP) is 2.84. The molecule has 8 heteroatoms. The molecule has 1 aliphatic rings. The Morgan fingerprint density at radius 2 is 1.94 bits per heavy atom. The van der Waals surface area contributed by atoms with Crippen molar-refractivity contribution in [2.75, 3.05) is 38.2 Å². The van der Waals surface area contributed by atoms with Gasteiger partial charge in [0.1, 0.15) is 11.7 Å². The van der Waals surface area contributed by atoms with Crippen molar-refractivity contribution in [3.05, 3.63) is 71.7 Å². The lowest BCUT2D eigenvalue weighted by Gasteiger charge is -2.36. The summed E-state index contributed by atoms with van der Waals surface area (Å²) in [4.78, 5) is 35.0. The minimum Gasteiger partial charge on any atom is -0.340 e. The number of aromatic nitrogens is 2. The van der Waals surface area contributed by atoms with Crippen molar-refractivity contribution in [2.45, 2.75) is 25.9 Å². The van der Waals surface area contributed by atoms with Crippen molar-refractivity contribution in [1.29, 1.82) is 0 Å². The van der Waals surface area contributed by atoms with Crippen molar-refractivity contribution in [3.63, 3.8) is 0 Å². The lowest BCUT2D eigenvalue weighted by atomic mass is 10.1. The monoisotopic (exact) mass is 465 g/mol. The smallest absolute Gasteiger partial charge is 0.251 e. The zero-order valence-electron chi connectivity index (χ0n) is 19.2. The molecular formula is C25H31N5O2S. The van der Waals surface area contributed by atoms with Gasteiger partial charge in [0.05, 0.1) is 5.69 Å². The second-order valence-corrected chi connectivity index (χ2v) is 9.46. The van der Waals surface area contributed by atoms with Gasteiger partial charge < -0.3 is 14.6 Å². The van der Waals surface area contributed by atoms with E-state index in [-0.39, 0.29) is 11.8 Å². The molecule has 1 fully saturated rings. The average molecular weight is 466 g/mol. The molecule has 0 aliphatic carbocycles. The van der Waals surface area contributed by atoms with Gasteiger partial charge in [0.2, 0.25) is 5.91 Å². The minimum atomic E-state index is -0.504. The minimum absolute atomic E-state index is 0.0115. The number of carbonyl (C=O) groups excluding carboxylic acids is 2. The van der Waals surface area contributed by atoms with E-state index < -0.39 is 6.04 Å². The van der Waals surface area contributed by atoms with Gasteiger partial charge in [-0.1, -0.05) is 23.8 Å². The van der Waals surface area contributed by atoms with Crippen LogP contribution in [-0.2, 0) is 11.3 Å². The molecule has 7 nitrogen and oxygen atoms in total. The number of thioether (sulfide) groups is 1. The van der Waals surface area contributed by atoms with Crippen LogP contribution in [-0.4, -0.2) is 75.2 Å². The average Bonchev–Trinajstić information content (AvgIpc) is 3.24. The highest BCUT2D eigenvalue weighted by atomic mass is 32.2. The van der Waals surface area contributed by atoms with Crippen LogP contribution < -0.4 is 5.32 Å². The summed E-state index contributed by atoms with van der Waals surface area (Å²) in [5, 5.41) is 2.99. The van der Waals surface area contributed by atoms with Gasteiger partial charge in [-0.15, -0.1) is 0 Å². The van der Waals surface area contributed by atoms with Gasteiger partial charge in [0, 0.05) is 50.7 Å². The molecule has 3 heterocycles. The Bertz CT molecular complexity index is 1070. The molecule has 174 valence electrons. The fraction of sp³-hybridized carbons (Fsp3) is 0.400. The fourth-order valence-electron chi connectivity index (χ4n) is 4.16. The molecule has 0 spiro atoms. The Balaban J connectivity index is 1.34. The first-order chi connectivity index (χ1) is 16.0. The van der Waals surface area contributed by atoms with E-state index in [1.807, 2.05) is 65.1 Å². The molecule has 0 saturated carbocycles. The van der Waals surface area contributed by atoms with E-state index in [0.717, 1.165) is 42.3 Å². The number of amides is 2. The molecule has 1 N–H and O–H groups in total. The number of fused-ring (bicyclic) bond motifs is 1. The summed E-state index contributed by atoms with van der Waals surface area (Å²) in [6.45, 7) is 5.62. The molecule has 33 heavy (non-hydrogen) atoms. The summed E-state index contributed by atoms with van der Waals surface area (Å²) in [5.41, 5.74) is 3.59. The molecule has 2 aromatic heterocycles. The second kappa shape index (κ2) is 10.9. The molecule has 1 saturated heterocycles. The zero-order chi connectivity index (χ0) is 23.2. The second-order valence-electron chi connectivity index (χ2n) is 8.48. The van der Waals surface area contributed by atoms with Crippen LogP contribution in [0.5, 0.6) is 0 Å². The first-order valence-corrected chi connectivity index (χ1v) is 12.7. The molecule has 0 radical (unpaired) electrons. The maximum absolute atomic E-state index is 13.3. The number of hydrogen-bond acceptors (Lipinski definition) is 5. The van der Waals surface area contributed by atoms with Gasteiger partial charge in [0.15, 0.2) is 0 Å². The van der Waals surface area contributed by atoms with E-state index in [1.54, 1.807) is 17.8 Å². The Hall–Kier alpha value is -2.84. The number of benzene rings is 1. The third-order valence-corrected chi connectivity index (χ3v) is 6.62. The predicted molar refractivity (Wildman–Crippen MR) is 132 cm³/mol. The van der Waals surface area contributed by atoms with E-state index >= 15 is 0 Å². The molecular weight excluding hydrogens is 434 g/mol. The number of pyridine rings is 1. The molecule has 3 aromatic rings. The van der Waals surface area contributed by atoms with Crippen LogP contribution in [0.4, 0.5) is 0 Å². The fourth-order valence-corrected chi connectivity index (χ4v) is 4.63. The lowest BCUT2D eigenvalue weighted by molar-refractivity contribution is -0.135. The largest absolute Gasteiger partial charge is 0.340 e. The van der Waals surface area contributed by atoms with E-state index in [9.17, 15) is 9.59 Å². The standard InChI is InChI=1S/C25H31N5O2S/c1-19-6-5-7-20(16-19)24(31)27-22(9-15-33-2)25(32)29-13-11-28(12-14-29)17-21-18-30-10-4-3-8-23(30)26-21/h3-8,10,16,18,22H,9,11-15,17H2,1-2H3,(H,27,31). The van der Waals surface area contributed by atoms with Crippen molar-refractivity contribution in [3.8, 4) is 0 Å². The lowest BCUT2D eigenvalue weighted by Crippen LogP contribution is -2.55. The van der Waals surface area contributed by atoms with Gasteiger partial charge >= 0.3 is 0 Å². The van der Waals surface area contributed by atoms with Crippen molar-refractivity contribution in [1.82, 2.24) is 24.5 Å². The van der Waals surface area contributed by atoms with E-state index in [1.165, 1.54) is 0 Å². The van der Waals surface area contributed by atoms with Crippen LogP contribution >= 0.6 is 11.8 Å². The zero-order valence-corrected chi connectivity index (χ0v) is 20.1. The Kier molecular flexibility index (Phi) is 7.67. The number of rotatable bonds is 8. The van der Waals surface area contributed by atoms with Crippen molar-refractivity contribution >= 4 is 29.2 Å². The number of hydrogen-bond donors (Lipinski definition) is 1. The van der Waals surface area contributed by atoms with E-state index in [0.29, 0.717) is 25.1 Å². The van der Waals surface area contributed by atoms with E-state index in [2.05, 4.69) is 21.4 Å². The van der Waals surface area contributed by atoms with Gasteiger partial charge in [-0.05, 0) is 49.6 Å². The molecule has 4 rings (SSSR count).